The number of methoxy groups -OCH3 is 1. The number of rotatable bonds is 6. The summed E-state index contributed by atoms with van der Waals surface area (Å²) in [6.07, 6.45) is 1.13. The van der Waals surface area contributed by atoms with E-state index in [9.17, 15) is 23.9 Å². The van der Waals surface area contributed by atoms with Crippen LogP contribution in [0.15, 0.2) is 30.5 Å². The van der Waals surface area contributed by atoms with Crippen molar-refractivity contribution >= 4 is 29.2 Å². The number of carbonyl (C=O) groups is 3. The molecule has 0 aliphatic carbocycles. The molecule has 0 aliphatic heterocycles. The van der Waals surface area contributed by atoms with Crippen LogP contribution in [0, 0.1) is 5.82 Å². The van der Waals surface area contributed by atoms with Crippen LogP contribution in [-0.4, -0.2) is 47.6 Å². The lowest BCUT2D eigenvalue weighted by atomic mass is 10.1. The maximum atomic E-state index is 14.2. The van der Waals surface area contributed by atoms with E-state index in [-0.39, 0.29) is 28.4 Å². The summed E-state index contributed by atoms with van der Waals surface area (Å²) < 4.78 is 19.2. The van der Waals surface area contributed by atoms with E-state index >= 15 is 0 Å². The summed E-state index contributed by atoms with van der Waals surface area (Å²) in [5, 5.41) is 17.0. The topological polar surface area (TPSA) is 130 Å². The van der Waals surface area contributed by atoms with Gasteiger partial charge in [0, 0.05) is 19.3 Å². The number of amides is 3. The van der Waals surface area contributed by atoms with Gasteiger partial charge >= 0.3 is 0 Å². The molecule has 0 radical (unpaired) electrons. The van der Waals surface area contributed by atoms with Crippen LogP contribution in [0.4, 0.5) is 15.9 Å². The summed E-state index contributed by atoms with van der Waals surface area (Å²) >= 11 is 0. The minimum absolute atomic E-state index is 0.00797. The summed E-state index contributed by atoms with van der Waals surface area (Å²) in [5.74, 6) is -3.00. The second kappa shape index (κ2) is 8.65. The zero-order valence-corrected chi connectivity index (χ0v) is 16.3. The minimum Gasteiger partial charge on any atom is -0.496 e. The molecule has 2 rings (SSSR count). The fourth-order valence-corrected chi connectivity index (χ4v) is 2.29. The second-order valence-electron chi connectivity index (χ2n) is 6.48. The lowest BCUT2D eigenvalue weighted by Gasteiger charge is -2.17. The van der Waals surface area contributed by atoms with Crippen LogP contribution in [0.3, 0.4) is 0 Å². The van der Waals surface area contributed by atoms with Crippen molar-refractivity contribution in [2.24, 2.45) is 0 Å². The summed E-state index contributed by atoms with van der Waals surface area (Å²) in [5.41, 5.74) is -2.07. The first-order valence-corrected chi connectivity index (χ1v) is 8.48. The van der Waals surface area contributed by atoms with Crippen LogP contribution >= 0.6 is 0 Å². The van der Waals surface area contributed by atoms with Gasteiger partial charge in [-0.2, -0.15) is 0 Å². The van der Waals surface area contributed by atoms with Crippen LogP contribution in [0.1, 0.15) is 34.6 Å². The molecule has 2 aromatic rings. The van der Waals surface area contributed by atoms with Crippen molar-refractivity contribution < 1.29 is 28.6 Å². The molecule has 1 aromatic heterocycles. The van der Waals surface area contributed by atoms with Gasteiger partial charge in [0.25, 0.3) is 17.7 Å². The fourth-order valence-electron chi connectivity index (χ4n) is 2.29. The summed E-state index contributed by atoms with van der Waals surface area (Å²) in [7, 11) is 2.68. The number of aliphatic hydroxyl groups is 1. The number of halogens is 1. The van der Waals surface area contributed by atoms with Gasteiger partial charge in [-0.15, -0.1) is 0 Å². The molecule has 4 N–H and O–H groups in total. The molecule has 1 aromatic carbocycles. The van der Waals surface area contributed by atoms with Crippen LogP contribution in [0.25, 0.3) is 0 Å². The van der Waals surface area contributed by atoms with E-state index in [1.165, 1.54) is 46.2 Å². The normalized spacial score (nSPS) is 10.8. The standard InChI is InChI=1S/C19H21FN4O5/c1-19(2,28)18(27)24-14-8-12(10(9-22-14)16(25)21-3)23-17(26)15-11(20)6-5-7-13(15)29-4/h5-9,28H,1-4H3,(H,21,25)(H2,22,23,24,26,27). The monoisotopic (exact) mass is 404 g/mol. The Morgan fingerprint density at radius 2 is 1.86 bits per heavy atom. The predicted octanol–water partition coefficient (Wildman–Crippen LogP) is 1.55. The first-order chi connectivity index (χ1) is 13.6. The molecule has 0 spiro atoms. The van der Waals surface area contributed by atoms with Crippen molar-refractivity contribution in [1.29, 1.82) is 0 Å². The third kappa shape index (κ3) is 5.05. The largest absolute Gasteiger partial charge is 0.496 e. The number of carbonyl (C=O) groups excluding carboxylic acids is 3. The Morgan fingerprint density at radius 1 is 1.17 bits per heavy atom. The number of benzene rings is 1. The SMILES string of the molecule is CNC(=O)c1cnc(NC(=O)C(C)(C)O)cc1NC(=O)c1c(F)cccc1OC. The zero-order chi connectivity index (χ0) is 21.8. The number of hydrogen-bond acceptors (Lipinski definition) is 6. The number of anilines is 2. The van der Waals surface area contributed by atoms with E-state index in [0.29, 0.717) is 0 Å². The van der Waals surface area contributed by atoms with Gasteiger partial charge in [-0.05, 0) is 26.0 Å². The number of hydrogen-bond donors (Lipinski definition) is 4. The Morgan fingerprint density at radius 3 is 2.45 bits per heavy atom. The van der Waals surface area contributed by atoms with E-state index in [1.54, 1.807) is 0 Å². The van der Waals surface area contributed by atoms with Crippen LogP contribution in [-0.2, 0) is 4.79 Å². The first kappa shape index (κ1) is 21.8. The van der Waals surface area contributed by atoms with Crippen LogP contribution < -0.4 is 20.7 Å². The Labute approximate surface area is 166 Å². The van der Waals surface area contributed by atoms with Crippen molar-refractivity contribution in [2.75, 3.05) is 24.8 Å². The average Bonchev–Trinajstić information content (AvgIpc) is 2.66. The smallest absolute Gasteiger partial charge is 0.262 e. The van der Waals surface area contributed by atoms with Crippen molar-refractivity contribution in [1.82, 2.24) is 10.3 Å². The Balaban J connectivity index is 2.44. The molecular weight excluding hydrogens is 383 g/mol. The van der Waals surface area contributed by atoms with Gasteiger partial charge in [0.1, 0.15) is 28.5 Å². The van der Waals surface area contributed by atoms with Crippen LogP contribution in [0.2, 0.25) is 0 Å². The molecule has 0 atom stereocenters. The molecule has 0 unspecified atom stereocenters. The molecule has 29 heavy (non-hydrogen) atoms. The lowest BCUT2D eigenvalue weighted by Crippen LogP contribution is -2.37. The Kier molecular flexibility index (Phi) is 6.49. The fraction of sp³-hybridized carbons (Fsp3) is 0.263. The van der Waals surface area contributed by atoms with Gasteiger partial charge in [-0.1, -0.05) is 6.07 Å². The highest BCUT2D eigenvalue weighted by atomic mass is 19.1. The van der Waals surface area contributed by atoms with Crippen molar-refractivity contribution in [2.45, 2.75) is 19.4 Å². The van der Waals surface area contributed by atoms with Gasteiger partial charge in [-0.25, -0.2) is 9.37 Å². The number of ether oxygens (including phenoxy) is 1. The van der Waals surface area contributed by atoms with E-state index in [2.05, 4.69) is 20.9 Å². The number of pyridine rings is 1. The number of aromatic nitrogens is 1. The molecule has 10 heteroatoms. The lowest BCUT2D eigenvalue weighted by molar-refractivity contribution is -0.130. The molecule has 3 amide bonds. The summed E-state index contributed by atoms with van der Waals surface area (Å²) in [6, 6.07) is 5.12. The van der Waals surface area contributed by atoms with E-state index in [1.807, 2.05) is 0 Å². The van der Waals surface area contributed by atoms with Crippen LogP contribution in [0.5, 0.6) is 5.75 Å². The molecule has 154 valence electrons. The minimum atomic E-state index is -1.68. The highest BCUT2D eigenvalue weighted by Gasteiger charge is 2.25. The number of nitrogens with one attached hydrogen (secondary N) is 3. The zero-order valence-electron chi connectivity index (χ0n) is 16.3. The highest BCUT2D eigenvalue weighted by Crippen LogP contribution is 2.25. The van der Waals surface area contributed by atoms with Crippen molar-refractivity contribution in [3.05, 3.63) is 47.4 Å². The molecule has 0 bridgehead atoms. The van der Waals surface area contributed by atoms with E-state index in [4.69, 9.17) is 4.74 Å². The predicted molar refractivity (Wildman–Crippen MR) is 103 cm³/mol. The van der Waals surface area contributed by atoms with Crippen molar-refractivity contribution in [3.63, 3.8) is 0 Å². The summed E-state index contributed by atoms with van der Waals surface area (Å²) in [6.45, 7) is 2.57. The highest BCUT2D eigenvalue weighted by molar-refractivity contribution is 6.10. The number of nitrogens with zero attached hydrogens (tertiary/aromatic N) is 1. The average molecular weight is 404 g/mol. The molecule has 0 saturated heterocycles. The van der Waals surface area contributed by atoms with Gasteiger partial charge in [0.2, 0.25) is 0 Å². The van der Waals surface area contributed by atoms with Gasteiger partial charge in [0.15, 0.2) is 0 Å². The molecule has 9 nitrogen and oxygen atoms in total. The summed E-state index contributed by atoms with van der Waals surface area (Å²) in [4.78, 5) is 40.7. The van der Waals surface area contributed by atoms with Gasteiger partial charge in [0.05, 0.1) is 18.4 Å². The van der Waals surface area contributed by atoms with E-state index in [0.717, 1.165) is 12.3 Å². The Bertz CT molecular complexity index is 956. The quantitative estimate of drug-likeness (QED) is 0.578. The maximum absolute atomic E-state index is 14.2. The second-order valence-corrected chi connectivity index (χ2v) is 6.48. The van der Waals surface area contributed by atoms with E-state index < -0.39 is 29.1 Å². The molecule has 0 aliphatic rings. The molecular formula is C19H21FN4O5. The first-order valence-electron chi connectivity index (χ1n) is 8.48. The van der Waals surface area contributed by atoms with Gasteiger partial charge < -0.3 is 25.8 Å². The Hall–Kier alpha value is -3.53. The molecule has 1 heterocycles. The molecule has 0 saturated carbocycles. The van der Waals surface area contributed by atoms with Gasteiger partial charge in [-0.3, -0.25) is 14.4 Å². The third-order valence-electron chi connectivity index (χ3n) is 3.84. The third-order valence-corrected chi connectivity index (χ3v) is 3.84. The molecule has 0 fully saturated rings. The van der Waals surface area contributed by atoms with Crippen molar-refractivity contribution in [3.8, 4) is 5.75 Å². The maximum Gasteiger partial charge on any atom is 0.262 e.